The van der Waals surface area contributed by atoms with E-state index in [1.54, 1.807) is 12.1 Å². The van der Waals surface area contributed by atoms with Gasteiger partial charge in [-0.1, -0.05) is 40.2 Å². The van der Waals surface area contributed by atoms with Crippen LogP contribution in [-0.2, 0) is 6.42 Å². The first-order valence-electron chi connectivity index (χ1n) is 5.98. The fourth-order valence-electron chi connectivity index (χ4n) is 1.92. The Hall–Kier alpha value is -2.19. The Balaban J connectivity index is 2.16. The van der Waals surface area contributed by atoms with Crippen LogP contribution < -0.4 is 0 Å². The van der Waals surface area contributed by atoms with Gasteiger partial charge in [0.25, 0.3) is 5.69 Å². The van der Waals surface area contributed by atoms with Crippen molar-refractivity contribution in [3.8, 4) is 6.07 Å². The van der Waals surface area contributed by atoms with Gasteiger partial charge in [0.2, 0.25) is 0 Å². The summed E-state index contributed by atoms with van der Waals surface area (Å²) in [5.74, 6) is -0.260. The maximum absolute atomic E-state index is 10.6. The summed E-state index contributed by atoms with van der Waals surface area (Å²) in [6, 6.07) is 16.2. The van der Waals surface area contributed by atoms with Crippen molar-refractivity contribution in [1.29, 1.82) is 5.26 Å². The predicted octanol–water partition coefficient (Wildman–Crippen LogP) is 4.21. The van der Waals surface area contributed by atoms with Crippen molar-refractivity contribution in [3.05, 3.63) is 74.2 Å². The largest absolute Gasteiger partial charge is 0.269 e. The smallest absolute Gasteiger partial charge is 0.258 e. The number of nitro groups is 1. The summed E-state index contributed by atoms with van der Waals surface area (Å²) in [6.07, 6.45) is 0.538. The minimum atomic E-state index is -0.430. The normalized spacial score (nSPS) is 11.6. The molecule has 0 bridgehead atoms. The summed E-state index contributed by atoms with van der Waals surface area (Å²) >= 11 is 3.36. The SMILES string of the molecule is N#CC(Cc1ccc([N+](=O)[O-])cc1)c1ccc(Br)cc1. The molecule has 0 aliphatic rings. The van der Waals surface area contributed by atoms with Crippen molar-refractivity contribution in [2.24, 2.45) is 0 Å². The van der Waals surface area contributed by atoms with Gasteiger partial charge >= 0.3 is 0 Å². The number of nitro benzene ring substituents is 1. The second-order valence-corrected chi connectivity index (χ2v) is 5.28. The van der Waals surface area contributed by atoms with Gasteiger partial charge in [0, 0.05) is 16.6 Å². The van der Waals surface area contributed by atoms with Crippen LogP contribution in [0.25, 0.3) is 0 Å². The number of hydrogen-bond acceptors (Lipinski definition) is 3. The Labute approximate surface area is 124 Å². The molecule has 100 valence electrons. The Kier molecular flexibility index (Phi) is 4.49. The third-order valence-electron chi connectivity index (χ3n) is 3.02. The molecule has 1 atom stereocenters. The molecule has 0 N–H and O–H groups in total. The van der Waals surface area contributed by atoms with Crippen LogP contribution >= 0.6 is 15.9 Å². The summed E-state index contributed by atoms with van der Waals surface area (Å²) in [4.78, 5) is 10.2. The molecule has 0 radical (unpaired) electrons. The highest BCUT2D eigenvalue weighted by molar-refractivity contribution is 9.10. The van der Waals surface area contributed by atoms with Gasteiger partial charge in [0.1, 0.15) is 0 Å². The molecule has 2 aromatic carbocycles. The molecular formula is C15H11BrN2O2. The number of nitriles is 1. The molecule has 0 spiro atoms. The Morgan fingerprint density at radius 3 is 2.25 bits per heavy atom. The number of benzene rings is 2. The van der Waals surface area contributed by atoms with E-state index >= 15 is 0 Å². The summed E-state index contributed by atoms with van der Waals surface area (Å²) in [5.41, 5.74) is 1.91. The number of rotatable bonds is 4. The van der Waals surface area contributed by atoms with Gasteiger partial charge in [-0.3, -0.25) is 10.1 Å². The maximum atomic E-state index is 10.6. The fraction of sp³-hybridized carbons (Fsp3) is 0.133. The van der Waals surface area contributed by atoms with Crippen molar-refractivity contribution < 1.29 is 4.92 Å². The van der Waals surface area contributed by atoms with E-state index in [0.717, 1.165) is 15.6 Å². The summed E-state index contributed by atoms with van der Waals surface area (Å²) in [5, 5.41) is 19.9. The molecule has 0 saturated carbocycles. The fourth-order valence-corrected chi connectivity index (χ4v) is 2.19. The van der Waals surface area contributed by atoms with Crippen molar-refractivity contribution >= 4 is 21.6 Å². The zero-order valence-corrected chi connectivity index (χ0v) is 12.1. The molecule has 0 aromatic heterocycles. The molecule has 0 heterocycles. The number of halogens is 1. The van der Waals surface area contributed by atoms with Crippen LogP contribution in [0.3, 0.4) is 0 Å². The van der Waals surface area contributed by atoms with E-state index in [4.69, 9.17) is 0 Å². The third kappa shape index (κ3) is 3.43. The number of hydrogen-bond donors (Lipinski definition) is 0. The molecule has 2 rings (SSSR count). The lowest BCUT2D eigenvalue weighted by molar-refractivity contribution is -0.384. The molecule has 2 aromatic rings. The van der Waals surface area contributed by atoms with Crippen molar-refractivity contribution in [3.63, 3.8) is 0 Å². The van der Waals surface area contributed by atoms with Crippen molar-refractivity contribution in [2.75, 3.05) is 0 Å². The van der Waals surface area contributed by atoms with E-state index in [9.17, 15) is 15.4 Å². The molecule has 20 heavy (non-hydrogen) atoms. The Morgan fingerprint density at radius 2 is 1.75 bits per heavy atom. The molecule has 1 unspecified atom stereocenters. The lowest BCUT2D eigenvalue weighted by Gasteiger charge is -2.09. The van der Waals surface area contributed by atoms with E-state index in [0.29, 0.717) is 6.42 Å². The van der Waals surface area contributed by atoms with Crippen molar-refractivity contribution in [1.82, 2.24) is 0 Å². The predicted molar refractivity (Wildman–Crippen MR) is 79.3 cm³/mol. The summed E-state index contributed by atoms with van der Waals surface area (Å²) < 4.78 is 0.966. The van der Waals surface area contributed by atoms with Gasteiger partial charge in [-0.05, 0) is 29.7 Å². The van der Waals surface area contributed by atoms with Gasteiger partial charge < -0.3 is 0 Å². The molecule has 0 aliphatic heterocycles. The average molecular weight is 331 g/mol. The van der Waals surface area contributed by atoms with Crippen LogP contribution in [0.15, 0.2) is 53.0 Å². The van der Waals surface area contributed by atoms with Crippen LogP contribution in [0, 0.1) is 21.4 Å². The zero-order chi connectivity index (χ0) is 14.5. The Bertz CT molecular complexity index is 645. The van der Waals surface area contributed by atoms with Crippen LogP contribution in [0.4, 0.5) is 5.69 Å². The van der Waals surface area contributed by atoms with Crippen molar-refractivity contribution in [2.45, 2.75) is 12.3 Å². The zero-order valence-electron chi connectivity index (χ0n) is 10.5. The monoisotopic (exact) mass is 330 g/mol. The molecule has 4 nitrogen and oxygen atoms in total. The van der Waals surface area contributed by atoms with E-state index in [1.807, 2.05) is 24.3 Å². The average Bonchev–Trinajstić information content (AvgIpc) is 2.46. The van der Waals surface area contributed by atoms with E-state index < -0.39 is 4.92 Å². The molecule has 0 saturated heterocycles. The van der Waals surface area contributed by atoms with E-state index in [1.165, 1.54) is 12.1 Å². The van der Waals surface area contributed by atoms with Gasteiger partial charge in [-0.2, -0.15) is 5.26 Å². The first-order valence-corrected chi connectivity index (χ1v) is 6.78. The quantitative estimate of drug-likeness (QED) is 0.623. The lowest BCUT2D eigenvalue weighted by atomic mass is 9.93. The van der Waals surface area contributed by atoms with Crippen LogP contribution in [0.5, 0.6) is 0 Å². The third-order valence-corrected chi connectivity index (χ3v) is 3.54. The molecule has 0 fully saturated rings. The van der Waals surface area contributed by atoms with Crippen LogP contribution in [-0.4, -0.2) is 4.92 Å². The highest BCUT2D eigenvalue weighted by Crippen LogP contribution is 2.23. The first-order chi connectivity index (χ1) is 9.60. The van der Waals surface area contributed by atoms with Crippen LogP contribution in [0.1, 0.15) is 17.0 Å². The summed E-state index contributed by atoms with van der Waals surface area (Å²) in [6.45, 7) is 0. The minimum Gasteiger partial charge on any atom is -0.258 e. The highest BCUT2D eigenvalue weighted by Gasteiger charge is 2.12. The Morgan fingerprint density at radius 1 is 1.15 bits per heavy atom. The molecular weight excluding hydrogens is 320 g/mol. The van der Waals surface area contributed by atoms with Gasteiger partial charge in [-0.15, -0.1) is 0 Å². The molecule has 5 heteroatoms. The van der Waals surface area contributed by atoms with E-state index in [2.05, 4.69) is 22.0 Å². The van der Waals surface area contributed by atoms with E-state index in [-0.39, 0.29) is 11.6 Å². The topological polar surface area (TPSA) is 66.9 Å². The molecule has 0 amide bonds. The van der Waals surface area contributed by atoms with Gasteiger partial charge in [0.15, 0.2) is 0 Å². The summed E-state index contributed by atoms with van der Waals surface area (Å²) in [7, 11) is 0. The number of non-ortho nitro benzene ring substituents is 1. The van der Waals surface area contributed by atoms with Gasteiger partial charge in [-0.25, -0.2) is 0 Å². The second kappa shape index (κ2) is 6.31. The minimum absolute atomic E-state index is 0.0610. The molecule has 0 aliphatic carbocycles. The number of nitrogens with zero attached hydrogens (tertiary/aromatic N) is 2. The van der Waals surface area contributed by atoms with Crippen LogP contribution in [0.2, 0.25) is 0 Å². The second-order valence-electron chi connectivity index (χ2n) is 4.36. The standard InChI is InChI=1S/C15H11BrN2O2/c16-14-5-3-12(4-6-14)13(10-17)9-11-1-7-15(8-2-11)18(19)20/h1-8,13H,9H2. The maximum Gasteiger partial charge on any atom is 0.269 e. The lowest BCUT2D eigenvalue weighted by Crippen LogP contribution is -2.00. The first kappa shape index (κ1) is 14.2. The van der Waals surface area contributed by atoms with Gasteiger partial charge in [0.05, 0.1) is 16.9 Å². The highest BCUT2D eigenvalue weighted by atomic mass is 79.9.